The van der Waals surface area contributed by atoms with Gasteiger partial charge < -0.3 is 15.5 Å². The van der Waals surface area contributed by atoms with Gasteiger partial charge >= 0.3 is 0 Å². The van der Waals surface area contributed by atoms with Gasteiger partial charge in [-0.2, -0.15) is 0 Å². The SMILES string of the molecule is CCCC1=CC(N2CC[C@H](N)C2)=NCN1c1ccc(C)c(Cl)c1. The lowest BCUT2D eigenvalue weighted by Crippen LogP contribution is -2.36. The van der Waals surface area contributed by atoms with Crippen molar-refractivity contribution in [2.45, 2.75) is 39.2 Å². The molecule has 5 heteroatoms. The Labute approximate surface area is 143 Å². The molecule has 1 saturated heterocycles. The number of hydrogen-bond acceptors (Lipinski definition) is 4. The summed E-state index contributed by atoms with van der Waals surface area (Å²) in [5.41, 5.74) is 9.55. The Morgan fingerprint density at radius 2 is 2.22 bits per heavy atom. The number of nitrogens with zero attached hydrogens (tertiary/aromatic N) is 3. The van der Waals surface area contributed by atoms with Gasteiger partial charge in [-0.25, -0.2) is 4.99 Å². The minimum Gasteiger partial charge on any atom is -0.355 e. The number of nitrogens with two attached hydrogens (primary N) is 1. The number of aliphatic imine (C=N–C) groups is 1. The molecule has 124 valence electrons. The Morgan fingerprint density at radius 3 is 2.87 bits per heavy atom. The van der Waals surface area contributed by atoms with Crippen molar-refractivity contribution in [2.24, 2.45) is 10.7 Å². The molecule has 0 saturated carbocycles. The standard InChI is InChI=1S/C18H25ClN4/c1-3-4-15-10-18(22-8-7-14(20)11-22)21-12-23(15)16-6-5-13(2)17(19)9-16/h5-6,9-10,14H,3-4,7-8,11-12,20H2,1-2H3/t14-/m0/s1. The van der Waals surface area contributed by atoms with Crippen LogP contribution in [0.2, 0.25) is 5.02 Å². The maximum Gasteiger partial charge on any atom is 0.127 e. The normalized spacial score (nSPS) is 21.5. The fourth-order valence-corrected chi connectivity index (χ4v) is 3.33. The van der Waals surface area contributed by atoms with Crippen molar-refractivity contribution < 1.29 is 0 Å². The number of likely N-dealkylation sites (tertiary alicyclic amines) is 1. The first-order valence-electron chi connectivity index (χ1n) is 8.37. The number of aryl methyl sites for hydroxylation is 1. The molecule has 1 aromatic rings. The summed E-state index contributed by atoms with van der Waals surface area (Å²) < 4.78 is 0. The third kappa shape index (κ3) is 3.54. The number of rotatable bonds is 3. The number of benzene rings is 1. The van der Waals surface area contributed by atoms with Crippen molar-refractivity contribution in [3.05, 3.63) is 40.6 Å². The highest BCUT2D eigenvalue weighted by Crippen LogP contribution is 2.29. The second-order valence-corrected chi connectivity index (χ2v) is 6.81. The summed E-state index contributed by atoms with van der Waals surface area (Å²) >= 11 is 6.30. The zero-order valence-electron chi connectivity index (χ0n) is 13.9. The number of hydrogen-bond donors (Lipinski definition) is 1. The highest BCUT2D eigenvalue weighted by atomic mass is 35.5. The minimum atomic E-state index is 0.273. The molecule has 1 atom stereocenters. The predicted molar refractivity (Wildman–Crippen MR) is 98.1 cm³/mol. The molecule has 2 aliphatic heterocycles. The zero-order chi connectivity index (χ0) is 16.4. The number of amidine groups is 1. The van der Waals surface area contributed by atoms with Gasteiger partial charge in [0.1, 0.15) is 12.5 Å². The van der Waals surface area contributed by atoms with Crippen LogP contribution in [0, 0.1) is 6.92 Å². The fourth-order valence-electron chi connectivity index (χ4n) is 3.15. The first-order chi connectivity index (χ1) is 11.1. The van der Waals surface area contributed by atoms with E-state index in [-0.39, 0.29) is 6.04 Å². The summed E-state index contributed by atoms with van der Waals surface area (Å²) in [6.07, 6.45) is 5.41. The molecule has 0 unspecified atom stereocenters. The molecule has 0 aromatic heterocycles. The molecule has 1 fully saturated rings. The molecule has 23 heavy (non-hydrogen) atoms. The molecule has 0 bridgehead atoms. The molecule has 2 N–H and O–H groups in total. The van der Waals surface area contributed by atoms with Crippen LogP contribution in [-0.2, 0) is 0 Å². The maximum atomic E-state index is 6.30. The van der Waals surface area contributed by atoms with Gasteiger partial charge in [0.05, 0.1) is 0 Å². The van der Waals surface area contributed by atoms with E-state index >= 15 is 0 Å². The summed E-state index contributed by atoms with van der Waals surface area (Å²) in [6.45, 7) is 6.79. The van der Waals surface area contributed by atoms with Crippen LogP contribution in [-0.4, -0.2) is 36.5 Å². The molecule has 3 rings (SSSR count). The van der Waals surface area contributed by atoms with E-state index in [4.69, 9.17) is 22.3 Å². The Hall–Kier alpha value is -1.52. The lowest BCUT2D eigenvalue weighted by Gasteiger charge is -2.32. The second kappa shape index (κ2) is 6.93. The summed E-state index contributed by atoms with van der Waals surface area (Å²) in [6, 6.07) is 6.50. The van der Waals surface area contributed by atoms with Crippen LogP contribution in [0.4, 0.5) is 5.69 Å². The van der Waals surface area contributed by atoms with Crippen molar-refractivity contribution in [1.29, 1.82) is 0 Å². The molecule has 2 heterocycles. The monoisotopic (exact) mass is 332 g/mol. The minimum absolute atomic E-state index is 0.273. The van der Waals surface area contributed by atoms with Crippen molar-refractivity contribution in [2.75, 3.05) is 24.7 Å². The van der Waals surface area contributed by atoms with E-state index < -0.39 is 0 Å². The van der Waals surface area contributed by atoms with Crippen molar-refractivity contribution >= 4 is 23.1 Å². The molecule has 0 amide bonds. The van der Waals surface area contributed by atoms with Gasteiger partial charge in [-0.3, -0.25) is 0 Å². The van der Waals surface area contributed by atoms with E-state index in [9.17, 15) is 0 Å². The van der Waals surface area contributed by atoms with Gasteiger partial charge in [-0.1, -0.05) is 31.0 Å². The second-order valence-electron chi connectivity index (χ2n) is 6.40. The van der Waals surface area contributed by atoms with E-state index in [2.05, 4.69) is 34.9 Å². The molecule has 0 aliphatic carbocycles. The van der Waals surface area contributed by atoms with Gasteiger partial charge in [-0.05, 0) is 43.5 Å². The first kappa shape index (κ1) is 16.3. The highest BCUT2D eigenvalue weighted by Gasteiger charge is 2.25. The smallest absolute Gasteiger partial charge is 0.127 e. The van der Waals surface area contributed by atoms with Crippen LogP contribution in [0.3, 0.4) is 0 Å². The van der Waals surface area contributed by atoms with Gasteiger partial charge in [-0.15, -0.1) is 0 Å². The Morgan fingerprint density at radius 1 is 1.39 bits per heavy atom. The number of halogens is 1. The number of anilines is 1. The Kier molecular flexibility index (Phi) is 4.93. The van der Waals surface area contributed by atoms with Crippen LogP contribution in [0.15, 0.2) is 35.0 Å². The molecule has 0 radical (unpaired) electrons. The van der Waals surface area contributed by atoms with Gasteiger partial charge in [0.2, 0.25) is 0 Å². The molecule has 1 aromatic carbocycles. The summed E-state index contributed by atoms with van der Waals surface area (Å²) in [4.78, 5) is 9.35. The van der Waals surface area contributed by atoms with Crippen LogP contribution >= 0.6 is 11.6 Å². The largest absolute Gasteiger partial charge is 0.355 e. The van der Waals surface area contributed by atoms with Crippen LogP contribution in [0.5, 0.6) is 0 Å². The fraction of sp³-hybridized carbons (Fsp3) is 0.500. The van der Waals surface area contributed by atoms with E-state index in [0.29, 0.717) is 6.67 Å². The molecular formula is C18H25ClN4. The highest BCUT2D eigenvalue weighted by molar-refractivity contribution is 6.31. The average Bonchev–Trinajstić information content (AvgIpc) is 2.97. The van der Waals surface area contributed by atoms with Gasteiger partial charge in [0, 0.05) is 35.5 Å². The molecule has 2 aliphatic rings. The van der Waals surface area contributed by atoms with Crippen molar-refractivity contribution in [3.63, 3.8) is 0 Å². The molecular weight excluding hydrogens is 308 g/mol. The van der Waals surface area contributed by atoms with E-state index in [1.807, 2.05) is 13.0 Å². The maximum absolute atomic E-state index is 6.30. The zero-order valence-corrected chi connectivity index (χ0v) is 14.7. The van der Waals surface area contributed by atoms with Crippen LogP contribution < -0.4 is 10.6 Å². The van der Waals surface area contributed by atoms with Gasteiger partial charge in [0.25, 0.3) is 0 Å². The topological polar surface area (TPSA) is 44.9 Å². The molecule has 4 nitrogen and oxygen atoms in total. The Bertz CT molecular complexity index is 638. The summed E-state index contributed by atoms with van der Waals surface area (Å²) in [5.74, 6) is 1.08. The summed E-state index contributed by atoms with van der Waals surface area (Å²) in [7, 11) is 0. The lowest BCUT2D eigenvalue weighted by molar-refractivity contribution is 0.507. The van der Waals surface area contributed by atoms with E-state index in [1.165, 1.54) is 5.70 Å². The van der Waals surface area contributed by atoms with Crippen molar-refractivity contribution in [3.8, 4) is 0 Å². The van der Waals surface area contributed by atoms with Crippen LogP contribution in [0.25, 0.3) is 0 Å². The Balaban J connectivity index is 1.84. The third-order valence-electron chi connectivity index (χ3n) is 4.54. The number of allylic oxidation sites excluding steroid dienone is 1. The first-order valence-corrected chi connectivity index (χ1v) is 8.75. The van der Waals surface area contributed by atoms with Gasteiger partial charge in [0.15, 0.2) is 0 Å². The summed E-state index contributed by atoms with van der Waals surface area (Å²) in [5, 5.41) is 0.804. The third-order valence-corrected chi connectivity index (χ3v) is 4.95. The van der Waals surface area contributed by atoms with Crippen molar-refractivity contribution in [1.82, 2.24) is 4.90 Å². The average molecular weight is 333 g/mol. The lowest BCUT2D eigenvalue weighted by atomic mass is 10.1. The quantitative estimate of drug-likeness (QED) is 0.920. The van der Waals surface area contributed by atoms with E-state index in [0.717, 1.165) is 54.5 Å². The predicted octanol–water partition coefficient (Wildman–Crippen LogP) is 3.54. The van der Waals surface area contributed by atoms with Crippen LogP contribution in [0.1, 0.15) is 31.7 Å². The van der Waals surface area contributed by atoms with E-state index in [1.54, 1.807) is 0 Å². The molecule has 0 spiro atoms.